The number of nitrogens with zero attached hydrogens (tertiary/aromatic N) is 4. The summed E-state index contributed by atoms with van der Waals surface area (Å²) in [6.07, 6.45) is 6.29. The average Bonchev–Trinajstić information content (AvgIpc) is 3.37. The Kier molecular flexibility index (Phi) is 5.44. The quantitative estimate of drug-likeness (QED) is 0.562. The van der Waals surface area contributed by atoms with Gasteiger partial charge in [0.05, 0.1) is 10.6 Å². The minimum atomic E-state index is -5.55. The zero-order chi connectivity index (χ0) is 24.0. The smallest absolute Gasteiger partial charge is 0.345 e. The molecule has 0 saturated carbocycles. The number of pyridine rings is 1. The molecule has 0 aliphatic carbocycles. The number of carbonyl (C=O) groups is 2. The Bertz CT molecular complexity index is 1310. The topological polar surface area (TPSA) is 116 Å². The van der Waals surface area contributed by atoms with Crippen molar-refractivity contribution < 1.29 is 31.2 Å². The summed E-state index contributed by atoms with van der Waals surface area (Å²) in [5.41, 5.74) is -4.20. The Hall–Kier alpha value is -3.74. The van der Waals surface area contributed by atoms with E-state index < -0.39 is 38.2 Å². The van der Waals surface area contributed by atoms with Crippen LogP contribution in [0.15, 0.2) is 60.0 Å². The predicted octanol–water partition coefficient (Wildman–Crippen LogP) is 3.12. The van der Waals surface area contributed by atoms with E-state index in [4.69, 9.17) is 0 Å². The Morgan fingerprint density at radius 3 is 2.39 bits per heavy atom. The molecule has 4 rings (SSSR count). The number of sulfone groups is 1. The van der Waals surface area contributed by atoms with Gasteiger partial charge in [0.15, 0.2) is 0 Å². The Labute approximate surface area is 185 Å². The summed E-state index contributed by atoms with van der Waals surface area (Å²) in [5.74, 6) is -0.0675. The molecule has 1 N–H and O–H groups in total. The lowest BCUT2D eigenvalue weighted by molar-refractivity contribution is -0.119. The first kappa shape index (κ1) is 22.5. The van der Waals surface area contributed by atoms with E-state index in [2.05, 4.69) is 15.0 Å². The predicted molar refractivity (Wildman–Crippen MR) is 109 cm³/mol. The van der Waals surface area contributed by atoms with Gasteiger partial charge in [-0.25, -0.2) is 23.1 Å². The van der Waals surface area contributed by atoms with Crippen molar-refractivity contribution in [1.29, 1.82) is 0 Å². The van der Waals surface area contributed by atoms with Crippen molar-refractivity contribution >= 4 is 27.5 Å². The maximum Gasteiger partial charge on any atom is 0.501 e. The molecule has 172 valence electrons. The molecule has 0 radical (unpaired) electrons. The number of hydrogen-bond acceptors (Lipinski definition) is 6. The lowest BCUT2D eigenvalue weighted by Gasteiger charge is -2.20. The minimum Gasteiger partial charge on any atom is -0.345 e. The summed E-state index contributed by atoms with van der Waals surface area (Å²) in [5, 5.41) is 0. The number of carbonyl (C=O) groups excluding carboxylic acids is 2. The van der Waals surface area contributed by atoms with Crippen LogP contribution in [0.25, 0.3) is 11.4 Å². The molecule has 1 fully saturated rings. The molecule has 1 saturated heterocycles. The first-order valence-electron chi connectivity index (χ1n) is 9.51. The molecule has 3 heterocycles. The number of rotatable bonds is 5. The molecule has 3 aromatic rings. The van der Waals surface area contributed by atoms with E-state index in [-0.39, 0.29) is 12.2 Å². The number of halogens is 3. The van der Waals surface area contributed by atoms with E-state index in [0.717, 1.165) is 17.0 Å². The number of urea groups is 1. The standard InChI is InChI=1S/C20H16F3N5O4S/c1-12-18(29)28(14-2-4-15(5-3-14)33(31,32)20(21,22)23)19(30)27(12)11-13-6-7-24-10-16(13)17-25-8-9-26-17/h2-10,12H,11H2,1H3,(H,25,26). The molecular weight excluding hydrogens is 463 g/mol. The Morgan fingerprint density at radius 2 is 1.79 bits per heavy atom. The van der Waals surface area contributed by atoms with Gasteiger partial charge in [-0.2, -0.15) is 13.2 Å². The van der Waals surface area contributed by atoms with Gasteiger partial charge in [-0.05, 0) is 42.8 Å². The number of imide groups is 1. The molecule has 1 aliphatic rings. The number of H-pyrrole nitrogens is 1. The number of amides is 3. The van der Waals surface area contributed by atoms with Crippen molar-refractivity contribution in [3.05, 3.63) is 60.7 Å². The van der Waals surface area contributed by atoms with Crippen LogP contribution in [-0.2, 0) is 21.2 Å². The summed E-state index contributed by atoms with van der Waals surface area (Å²) in [6, 6.07) is 3.53. The molecule has 1 aromatic carbocycles. The summed E-state index contributed by atoms with van der Waals surface area (Å²) in [4.78, 5) is 38.2. The molecule has 1 atom stereocenters. The molecular formula is C20H16F3N5O4S. The summed E-state index contributed by atoms with van der Waals surface area (Å²) in [7, 11) is -5.55. The second-order valence-corrected chi connectivity index (χ2v) is 9.11. The third kappa shape index (κ3) is 3.84. The number of benzene rings is 1. The van der Waals surface area contributed by atoms with Crippen LogP contribution in [-0.4, -0.2) is 51.8 Å². The van der Waals surface area contributed by atoms with Crippen molar-refractivity contribution in [2.45, 2.75) is 29.9 Å². The van der Waals surface area contributed by atoms with Gasteiger partial charge in [0.1, 0.15) is 11.9 Å². The summed E-state index contributed by atoms with van der Waals surface area (Å²) >= 11 is 0. The maximum absolute atomic E-state index is 13.1. The van der Waals surface area contributed by atoms with E-state index in [1.165, 1.54) is 18.0 Å². The van der Waals surface area contributed by atoms with Gasteiger partial charge in [0, 0.05) is 36.9 Å². The highest BCUT2D eigenvalue weighted by atomic mass is 32.2. The number of anilines is 1. The highest BCUT2D eigenvalue weighted by Crippen LogP contribution is 2.33. The highest BCUT2D eigenvalue weighted by molar-refractivity contribution is 7.92. The fourth-order valence-corrected chi connectivity index (χ4v) is 4.19. The average molecular weight is 479 g/mol. The van der Waals surface area contributed by atoms with Crippen LogP contribution in [0.3, 0.4) is 0 Å². The van der Waals surface area contributed by atoms with Crippen LogP contribution in [0, 0.1) is 0 Å². The van der Waals surface area contributed by atoms with Gasteiger partial charge >= 0.3 is 11.5 Å². The van der Waals surface area contributed by atoms with Crippen LogP contribution < -0.4 is 4.90 Å². The summed E-state index contributed by atoms with van der Waals surface area (Å²) < 4.78 is 61.4. The monoisotopic (exact) mass is 479 g/mol. The van der Waals surface area contributed by atoms with Gasteiger partial charge in [0.2, 0.25) is 0 Å². The van der Waals surface area contributed by atoms with Gasteiger partial charge in [-0.15, -0.1) is 0 Å². The number of aromatic nitrogens is 3. The third-order valence-electron chi connectivity index (χ3n) is 5.20. The molecule has 13 heteroatoms. The second-order valence-electron chi connectivity index (χ2n) is 7.17. The number of aromatic amines is 1. The zero-order valence-corrected chi connectivity index (χ0v) is 17.8. The van der Waals surface area contributed by atoms with Crippen LogP contribution >= 0.6 is 0 Å². The fraction of sp³-hybridized carbons (Fsp3) is 0.200. The first-order valence-corrected chi connectivity index (χ1v) is 11.0. The number of nitrogens with one attached hydrogen (secondary N) is 1. The van der Waals surface area contributed by atoms with Gasteiger partial charge in [0.25, 0.3) is 15.7 Å². The fourth-order valence-electron chi connectivity index (χ4n) is 3.43. The van der Waals surface area contributed by atoms with Crippen LogP contribution in [0.5, 0.6) is 0 Å². The van der Waals surface area contributed by atoms with E-state index in [1.54, 1.807) is 24.7 Å². The number of imidazole rings is 1. The van der Waals surface area contributed by atoms with Gasteiger partial charge in [-0.3, -0.25) is 9.78 Å². The van der Waals surface area contributed by atoms with Crippen molar-refractivity contribution in [2.75, 3.05) is 4.90 Å². The maximum atomic E-state index is 13.1. The minimum absolute atomic E-state index is 0.0403. The van der Waals surface area contributed by atoms with E-state index in [1.807, 2.05) is 0 Å². The Morgan fingerprint density at radius 1 is 1.09 bits per heavy atom. The van der Waals surface area contributed by atoms with Gasteiger partial charge in [-0.1, -0.05) is 0 Å². The van der Waals surface area contributed by atoms with E-state index in [0.29, 0.717) is 29.1 Å². The van der Waals surface area contributed by atoms with Crippen LogP contribution in [0.4, 0.5) is 23.7 Å². The molecule has 1 unspecified atom stereocenters. The van der Waals surface area contributed by atoms with Crippen molar-refractivity contribution in [1.82, 2.24) is 19.9 Å². The van der Waals surface area contributed by atoms with Crippen molar-refractivity contribution in [2.24, 2.45) is 0 Å². The normalized spacial score (nSPS) is 17.2. The lowest BCUT2D eigenvalue weighted by Crippen LogP contribution is -2.33. The zero-order valence-electron chi connectivity index (χ0n) is 16.9. The highest BCUT2D eigenvalue weighted by Gasteiger charge is 2.47. The van der Waals surface area contributed by atoms with E-state index in [9.17, 15) is 31.2 Å². The molecule has 0 spiro atoms. The van der Waals surface area contributed by atoms with Crippen LogP contribution in [0.2, 0.25) is 0 Å². The SMILES string of the molecule is CC1C(=O)N(c2ccc(S(=O)(=O)C(F)(F)F)cc2)C(=O)N1Cc1ccncc1-c1ncc[nH]1. The molecule has 2 aromatic heterocycles. The molecule has 1 aliphatic heterocycles. The van der Waals surface area contributed by atoms with Crippen molar-refractivity contribution in [3.8, 4) is 11.4 Å². The van der Waals surface area contributed by atoms with Crippen LogP contribution in [0.1, 0.15) is 12.5 Å². The second kappa shape index (κ2) is 7.99. The first-order chi connectivity index (χ1) is 15.5. The molecule has 3 amide bonds. The third-order valence-corrected chi connectivity index (χ3v) is 6.70. The largest absolute Gasteiger partial charge is 0.501 e. The molecule has 33 heavy (non-hydrogen) atoms. The van der Waals surface area contributed by atoms with E-state index >= 15 is 0 Å². The number of alkyl halides is 3. The Balaban J connectivity index is 1.62. The molecule has 0 bridgehead atoms. The van der Waals surface area contributed by atoms with Gasteiger partial charge < -0.3 is 9.88 Å². The number of hydrogen-bond donors (Lipinski definition) is 1. The lowest BCUT2D eigenvalue weighted by atomic mass is 10.1. The van der Waals surface area contributed by atoms with Crippen molar-refractivity contribution in [3.63, 3.8) is 0 Å². The molecule has 9 nitrogen and oxygen atoms in total. The summed E-state index contributed by atoms with van der Waals surface area (Å²) in [6.45, 7) is 1.57.